The van der Waals surface area contributed by atoms with Crippen LogP contribution in [0.4, 0.5) is 10.1 Å². The number of nitrogens with zero attached hydrogens (tertiary/aromatic N) is 5. The molecule has 1 aromatic carbocycles. The van der Waals surface area contributed by atoms with Crippen molar-refractivity contribution in [3.05, 3.63) is 41.5 Å². The fourth-order valence-corrected chi connectivity index (χ4v) is 1.90. The van der Waals surface area contributed by atoms with Crippen LogP contribution in [-0.4, -0.2) is 15.5 Å². The number of anilines is 1. The minimum atomic E-state index is -0.578. The summed E-state index contributed by atoms with van der Waals surface area (Å²) in [6, 6.07) is 7.36. The number of hydrogen-bond donors (Lipinski definition) is 1. The van der Waals surface area contributed by atoms with Crippen molar-refractivity contribution in [3.63, 3.8) is 0 Å². The molecule has 0 aliphatic carbocycles. The Morgan fingerprint density at radius 1 is 1.42 bits per heavy atom. The molecule has 7 nitrogen and oxygen atoms in total. The van der Waals surface area contributed by atoms with Crippen molar-refractivity contribution in [3.8, 4) is 17.9 Å². The maximum Gasteiger partial charge on any atom is 0.237 e. The number of rotatable bonds is 6. The first kappa shape index (κ1) is 17.0. The molecule has 0 atom stereocenters. The van der Waals surface area contributed by atoms with Crippen LogP contribution < -0.4 is 10.2 Å². The zero-order chi connectivity index (χ0) is 17.5. The van der Waals surface area contributed by atoms with Gasteiger partial charge in [-0.05, 0) is 26.0 Å². The zero-order valence-electron chi connectivity index (χ0n) is 13.2. The number of aryl methyl sites for hydroxylation is 2. The molecule has 1 aromatic heterocycles. The Morgan fingerprint density at radius 3 is 2.75 bits per heavy atom. The minimum absolute atomic E-state index is 0.0916. The summed E-state index contributed by atoms with van der Waals surface area (Å²) in [4.78, 5) is 0. The lowest BCUT2D eigenvalue weighted by molar-refractivity contribution is 0.289. The molecule has 0 amide bonds. The molecule has 8 heteroatoms. The maximum atomic E-state index is 14.0. The van der Waals surface area contributed by atoms with Crippen molar-refractivity contribution in [2.75, 3.05) is 5.43 Å². The highest BCUT2D eigenvalue weighted by Gasteiger charge is 2.09. The molecule has 0 fully saturated rings. The Balaban J connectivity index is 2.05. The number of ether oxygens (including phenoxy) is 1. The highest BCUT2D eigenvalue weighted by molar-refractivity contribution is 6.10. The van der Waals surface area contributed by atoms with Crippen LogP contribution in [0.15, 0.2) is 29.5 Å². The number of aromatic nitrogens is 2. The first-order chi connectivity index (χ1) is 11.6. The van der Waals surface area contributed by atoms with Gasteiger partial charge < -0.3 is 4.74 Å². The predicted octanol–water partition coefficient (Wildman–Crippen LogP) is 2.74. The molecular formula is C16H15FN6O. The van der Waals surface area contributed by atoms with E-state index in [1.165, 1.54) is 18.2 Å². The fourth-order valence-electron chi connectivity index (χ4n) is 1.90. The van der Waals surface area contributed by atoms with E-state index in [9.17, 15) is 4.39 Å². The van der Waals surface area contributed by atoms with Gasteiger partial charge in [-0.2, -0.15) is 20.7 Å². The number of nitriles is 2. The Labute approximate surface area is 138 Å². The first-order valence-electron chi connectivity index (χ1n) is 7.16. The summed E-state index contributed by atoms with van der Waals surface area (Å²) < 4.78 is 21.3. The summed E-state index contributed by atoms with van der Waals surface area (Å²) in [5, 5.41) is 25.0. The van der Waals surface area contributed by atoms with E-state index < -0.39 is 5.82 Å². The molecule has 0 saturated heterocycles. The summed E-state index contributed by atoms with van der Waals surface area (Å²) in [5.74, 6) is -0.486. The third-order valence-electron chi connectivity index (χ3n) is 3.20. The zero-order valence-corrected chi connectivity index (χ0v) is 13.2. The minimum Gasteiger partial charge on any atom is -0.486 e. The number of hydrazone groups is 1. The largest absolute Gasteiger partial charge is 0.486 e. The van der Waals surface area contributed by atoms with Crippen molar-refractivity contribution < 1.29 is 9.13 Å². The molecule has 122 valence electrons. The summed E-state index contributed by atoms with van der Waals surface area (Å²) in [7, 11) is 0. The second-order valence-corrected chi connectivity index (χ2v) is 4.83. The van der Waals surface area contributed by atoms with Gasteiger partial charge in [-0.15, -0.1) is 0 Å². The van der Waals surface area contributed by atoms with E-state index in [1.54, 1.807) is 16.8 Å². The number of halogens is 1. The van der Waals surface area contributed by atoms with Gasteiger partial charge >= 0.3 is 0 Å². The van der Waals surface area contributed by atoms with Crippen molar-refractivity contribution in [1.82, 2.24) is 9.78 Å². The lowest BCUT2D eigenvalue weighted by atomic mass is 10.2. The molecule has 0 unspecified atom stereocenters. The van der Waals surface area contributed by atoms with Crippen molar-refractivity contribution in [1.29, 1.82) is 10.5 Å². The highest BCUT2D eigenvalue weighted by atomic mass is 19.1. The van der Waals surface area contributed by atoms with Crippen molar-refractivity contribution in [2.45, 2.75) is 27.0 Å². The van der Waals surface area contributed by atoms with Crippen molar-refractivity contribution >= 4 is 11.4 Å². The summed E-state index contributed by atoms with van der Waals surface area (Å²) >= 11 is 0. The molecule has 1 heterocycles. The van der Waals surface area contributed by atoms with Gasteiger partial charge in [0.1, 0.15) is 18.7 Å². The predicted molar refractivity (Wildman–Crippen MR) is 85.7 cm³/mol. The number of nitrogens with one attached hydrogen (secondary N) is 1. The molecule has 0 radical (unpaired) electrons. The van der Waals surface area contributed by atoms with Gasteiger partial charge in [0.15, 0.2) is 11.6 Å². The SMILES string of the molecule is CCn1cc(COc2ccc(NN=C(C#N)C#N)cc2F)c(C)n1. The van der Waals surface area contributed by atoms with Crippen LogP contribution in [0.2, 0.25) is 0 Å². The summed E-state index contributed by atoms with van der Waals surface area (Å²) in [5.41, 5.74) is 4.12. The average Bonchev–Trinajstić information content (AvgIpc) is 2.95. The van der Waals surface area contributed by atoms with Crippen molar-refractivity contribution in [2.24, 2.45) is 5.10 Å². The van der Waals surface area contributed by atoms with E-state index in [2.05, 4.69) is 15.6 Å². The van der Waals surface area contributed by atoms with Gasteiger partial charge in [-0.3, -0.25) is 10.1 Å². The molecular weight excluding hydrogens is 311 g/mol. The van der Waals surface area contributed by atoms with Crippen LogP contribution in [0.3, 0.4) is 0 Å². The lowest BCUT2D eigenvalue weighted by Crippen LogP contribution is -2.00. The standard InChI is InChI=1S/C16H15FN6O/c1-3-23-9-12(11(2)22-23)10-24-16-5-4-13(6-15(16)17)20-21-14(7-18)8-19/h4-6,9,20H,3,10H2,1-2H3. The van der Waals surface area contributed by atoms with Crippen LogP contribution >= 0.6 is 0 Å². The lowest BCUT2D eigenvalue weighted by Gasteiger charge is -2.08. The maximum absolute atomic E-state index is 14.0. The van der Waals surface area contributed by atoms with Crippen LogP contribution in [-0.2, 0) is 13.2 Å². The quantitative estimate of drug-likeness (QED) is 0.650. The summed E-state index contributed by atoms with van der Waals surface area (Å²) in [6.45, 7) is 4.81. The van der Waals surface area contributed by atoms with Gasteiger partial charge in [0, 0.05) is 24.4 Å². The highest BCUT2D eigenvalue weighted by Crippen LogP contribution is 2.22. The van der Waals surface area contributed by atoms with E-state index in [0.29, 0.717) is 5.69 Å². The smallest absolute Gasteiger partial charge is 0.237 e. The van der Waals surface area contributed by atoms with Crippen LogP contribution in [0.5, 0.6) is 5.75 Å². The molecule has 1 N–H and O–H groups in total. The molecule has 2 aromatic rings. The fraction of sp³-hybridized carbons (Fsp3) is 0.250. The Morgan fingerprint density at radius 2 is 2.17 bits per heavy atom. The second kappa shape index (κ2) is 7.75. The van der Waals surface area contributed by atoms with E-state index in [-0.39, 0.29) is 18.1 Å². The topological polar surface area (TPSA) is 99.0 Å². The van der Waals surface area contributed by atoms with Gasteiger partial charge in [-0.1, -0.05) is 0 Å². The number of benzene rings is 1. The van der Waals surface area contributed by atoms with E-state index >= 15 is 0 Å². The van der Waals surface area contributed by atoms with Gasteiger partial charge in [-0.25, -0.2) is 4.39 Å². The van der Waals surface area contributed by atoms with E-state index in [0.717, 1.165) is 17.8 Å². The van der Waals surface area contributed by atoms with E-state index in [1.807, 2.05) is 20.0 Å². The molecule has 0 bridgehead atoms. The molecule has 2 rings (SSSR count). The van der Waals surface area contributed by atoms with Gasteiger partial charge in [0.05, 0.1) is 11.4 Å². The van der Waals surface area contributed by atoms with Gasteiger partial charge in [0.25, 0.3) is 0 Å². The molecule has 0 saturated carbocycles. The Kier molecular flexibility index (Phi) is 5.48. The van der Waals surface area contributed by atoms with Crippen LogP contribution in [0.1, 0.15) is 18.2 Å². The Hall–Kier alpha value is -3.39. The van der Waals surface area contributed by atoms with Crippen LogP contribution in [0.25, 0.3) is 0 Å². The summed E-state index contributed by atoms with van der Waals surface area (Å²) in [6.07, 6.45) is 1.86. The third-order valence-corrected chi connectivity index (χ3v) is 3.20. The molecule has 0 spiro atoms. The van der Waals surface area contributed by atoms with E-state index in [4.69, 9.17) is 15.3 Å². The second-order valence-electron chi connectivity index (χ2n) is 4.83. The van der Waals surface area contributed by atoms with Gasteiger partial charge in [0.2, 0.25) is 5.71 Å². The van der Waals surface area contributed by atoms with Crippen LogP contribution in [0, 0.1) is 35.4 Å². The monoisotopic (exact) mass is 326 g/mol. The normalized spacial score (nSPS) is 9.71. The third kappa shape index (κ3) is 4.08. The Bertz CT molecular complexity index is 827. The molecule has 0 aliphatic heterocycles. The number of hydrogen-bond acceptors (Lipinski definition) is 6. The first-order valence-corrected chi connectivity index (χ1v) is 7.16. The average molecular weight is 326 g/mol. The molecule has 0 aliphatic rings. The molecule has 24 heavy (non-hydrogen) atoms.